The number of hydrogen-bond donors (Lipinski definition) is 1. The number of methoxy groups -OCH3 is 1. The molecular formula is C18H27ClN2O4. The van der Waals surface area contributed by atoms with Crippen LogP contribution in [-0.4, -0.2) is 35.8 Å². The SMILES string of the molecule is CC.CC.COC(=O)CCC(C(N)=O)N1Cc2c(Cl)cccc2C1=O. The zero-order valence-electron chi connectivity index (χ0n) is 15.5. The van der Waals surface area contributed by atoms with Gasteiger partial charge in [0.1, 0.15) is 6.04 Å². The van der Waals surface area contributed by atoms with Gasteiger partial charge in [-0.25, -0.2) is 0 Å². The van der Waals surface area contributed by atoms with Crippen LogP contribution >= 0.6 is 11.6 Å². The molecule has 1 aromatic carbocycles. The summed E-state index contributed by atoms with van der Waals surface area (Å²) in [5.41, 5.74) is 6.50. The number of fused-ring (bicyclic) bond motifs is 1. The summed E-state index contributed by atoms with van der Waals surface area (Å²) < 4.78 is 4.54. The fraction of sp³-hybridized carbons (Fsp3) is 0.500. The molecule has 0 fully saturated rings. The highest BCUT2D eigenvalue weighted by Crippen LogP contribution is 2.31. The van der Waals surface area contributed by atoms with Crippen molar-refractivity contribution in [3.05, 3.63) is 34.3 Å². The highest BCUT2D eigenvalue weighted by molar-refractivity contribution is 6.32. The Bertz CT molecular complexity index is 605. The zero-order chi connectivity index (χ0) is 19.6. The normalized spacial score (nSPS) is 12.9. The maximum Gasteiger partial charge on any atom is 0.305 e. The summed E-state index contributed by atoms with van der Waals surface area (Å²) in [5, 5.41) is 0.472. The number of halogens is 1. The van der Waals surface area contributed by atoms with Crippen molar-refractivity contribution in [2.45, 2.75) is 53.1 Å². The van der Waals surface area contributed by atoms with Gasteiger partial charge in [-0.15, -0.1) is 0 Å². The van der Waals surface area contributed by atoms with Gasteiger partial charge < -0.3 is 15.4 Å². The molecule has 1 aliphatic rings. The molecule has 0 saturated carbocycles. The predicted octanol–water partition coefficient (Wildman–Crippen LogP) is 3.16. The smallest absolute Gasteiger partial charge is 0.305 e. The van der Waals surface area contributed by atoms with Crippen LogP contribution in [0.3, 0.4) is 0 Å². The van der Waals surface area contributed by atoms with Gasteiger partial charge in [-0.3, -0.25) is 14.4 Å². The Balaban J connectivity index is 0.00000134. The first-order chi connectivity index (χ1) is 12.0. The Hall–Kier alpha value is -2.08. The van der Waals surface area contributed by atoms with Crippen LogP contribution in [0.4, 0.5) is 0 Å². The van der Waals surface area contributed by atoms with E-state index in [9.17, 15) is 14.4 Å². The molecule has 7 heteroatoms. The molecule has 2 N–H and O–H groups in total. The van der Waals surface area contributed by atoms with E-state index in [1.165, 1.54) is 12.0 Å². The van der Waals surface area contributed by atoms with Crippen LogP contribution in [0, 0.1) is 0 Å². The Morgan fingerprint density at radius 1 is 1.28 bits per heavy atom. The van der Waals surface area contributed by atoms with E-state index in [4.69, 9.17) is 17.3 Å². The zero-order valence-corrected chi connectivity index (χ0v) is 16.2. The van der Waals surface area contributed by atoms with Crippen molar-refractivity contribution in [1.29, 1.82) is 0 Å². The minimum absolute atomic E-state index is 0.0119. The van der Waals surface area contributed by atoms with Gasteiger partial charge in [0.15, 0.2) is 0 Å². The molecule has 0 radical (unpaired) electrons. The van der Waals surface area contributed by atoms with Gasteiger partial charge >= 0.3 is 5.97 Å². The van der Waals surface area contributed by atoms with E-state index in [0.717, 1.165) is 0 Å². The summed E-state index contributed by atoms with van der Waals surface area (Å²) in [4.78, 5) is 36.5. The van der Waals surface area contributed by atoms with E-state index < -0.39 is 17.9 Å². The van der Waals surface area contributed by atoms with E-state index in [-0.39, 0.29) is 25.3 Å². The Labute approximate surface area is 154 Å². The third-order valence-corrected chi connectivity index (χ3v) is 3.85. The van der Waals surface area contributed by atoms with Crippen molar-refractivity contribution in [3.63, 3.8) is 0 Å². The lowest BCUT2D eigenvalue weighted by Gasteiger charge is -2.24. The summed E-state index contributed by atoms with van der Waals surface area (Å²) >= 11 is 6.07. The average Bonchev–Trinajstić information content (AvgIpc) is 2.96. The third kappa shape index (κ3) is 5.74. The van der Waals surface area contributed by atoms with Gasteiger partial charge in [0.25, 0.3) is 5.91 Å². The fourth-order valence-corrected chi connectivity index (χ4v) is 2.61. The largest absolute Gasteiger partial charge is 0.469 e. The molecule has 1 aliphatic heterocycles. The number of ether oxygens (including phenoxy) is 1. The quantitative estimate of drug-likeness (QED) is 0.806. The molecule has 0 saturated heterocycles. The number of nitrogens with two attached hydrogens (primary N) is 1. The van der Waals surface area contributed by atoms with Crippen molar-refractivity contribution in [2.75, 3.05) is 7.11 Å². The molecule has 2 rings (SSSR count). The summed E-state index contributed by atoms with van der Waals surface area (Å²) in [5.74, 6) is -1.42. The van der Waals surface area contributed by atoms with Crippen LogP contribution in [-0.2, 0) is 20.9 Å². The summed E-state index contributed by atoms with van der Waals surface area (Å²) in [6.07, 6.45) is 0.136. The molecule has 25 heavy (non-hydrogen) atoms. The molecule has 1 aromatic rings. The highest BCUT2D eigenvalue weighted by atomic mass is 35.5. The monoisotopic (exact) mass is 370 g/mol. The number of carbonyl (C=O) groups is 3. The van der Waals surface area contributed by atoms with Gasteiger partial charge in [0.2, 0.25) is 5.91 Å². The van der Waals surface area contributed by atoms with Crippen LogP contribution in [0.1, 0.15) is 56.5 Å². The number of carbonyl (C=O) groups excluding carboxylic acids is 3. The summed E-state index contributed by atoms with van der Waals surface area (Å²) in [6, 6.07) is 4.16. The van der Waals surface area contributed by atoms with E-state index in [1.807, 2.05) is 27.7 Å². The molecule has 0 aliphatic carbocycles. The van der Waals surface area contributed by atoms with Crippen molar-refractivity contribution < 1.29 is 19.1 Å². The van der Waals surface area contributed by atoms with Gasteiger partial charge in [-0.1, -0.05) is 45.4 Å². The van der Waals surface area contributed by atoms with Crippen LogP contribution in [0.15, 0.2) is 18.2 Å². The van der Waals surface area contributed by atoms with Crippen molar-refractivity contribution in [2.24, 2.45) is 5.73 Å². The molecule has 140 valence electrons. The molecular weight excluding hydrogens is 344 g/mol. The standard InChI is InChI=1S/C14H15ClN2O4.2C2H6/c1-21-12(18)6-5-11(13(16)19)17-7-9-8(14(17)20)3-2-4-10(9)15;2*1-2/h2-4,11H,5-7H2,1H3,(H2,16,19);2*1-2H3. The van der Waals surface area contributed by atoms with E-state index in [2.05, 4.69) is 4.74 Å². The Kier molecular flexibility index (Phi) is 10.5. The van der Waals surface area contributed by atoms with Crippen LogP contribution in [0.25, 0.3) is 0 Å². The maximum absolute atomic E-state index is 12.4. The molecule has 1 unspecified atom stereocenters. The molecule has 0 bridgehead atoms. The van der Waals surface area contributed by atoms with Crippen molar-refractivity contribution >= 4 is 29.4 Å². The van der Waals surface area contributed by atoms with Gasteiger partial charge in [0, 0.05) is 29.1 Å². The third-order valence-electron chi connectivity index (χ3n) is 3.49. The molecule has 0 aromatic heterocycles. The van der Waals surface area contributed by atoms with Crippen LogP contribution in [0.5, 0.6) is 0 Å². The van der Waals surface area contributed by atoms with Gasteiger partial charge in [-0.05, 0) is 18.6 Å². The molecule has 1 atom stereocenters. The van der Waals surface area contributed by atoms with Gasteiger partial charge in [-0.2, -0.15) is 0 Å². The lowest BCUT2D eigenvalue weighted by Crippen LogP contribution is -2.45. The van der Waals surface area contributed by atoms with Crippen molar-refractivity contribution in [1.82, 2.24) is 4.90 Å². The Morgan fingerprint density at radius 3 is 2.36 bits per heavy atom. The minimum atomic E-state index is -0.861. The summed E-state index contributed by atoms with van der Waals surface area (Å²) in [6.45, 7) is 8.21. The van der Waals surface area contributed by atoms with Crippen LogP contribution in [0.2, 0.25) is 5.02 Å². The van der Waals surface area contributed by atoms with E-state index >= 15 is 0 Å². The first-order valence-electron chi connectivity index (χ1n) is 8.40. The molecule has 6 nitrogen and oxygen atoms in total. The first-order valence-corrected chi connectivity index (χ1v) is 8.78. The van der Waals surface area contributed by atoms with Crippen molar-refractivity contribution in [3.8, 4) is 0 Å². The topological polar surface area (TPSA) is 89.7 Å². The number of nitrogens with zero attached hydrogens (tertiary/aromatic N) is 1. The average molecular weight is 371 g/mol. The van der Waals surface area contributed by atoms with Crippen LogP contribution < -0.4 is 5.73 Å². The molecule has 2 amide bonds. The highest BCUT2D eigenvalue weighted by Gasteiger charge is 2.36. The lowest BCUT2D eigenvalue weighted by atomic mass is 10.1. The fourth-order valence-electron chi connectivity index (χ4n) is 2.38. The molecule has 0 spiro atoms. The number of rotatable bonds is 5. The number of primary amides is 1. The summed E-state index contributed by atoms with van der Waals surface area (Å²) in [7, 11) is 1.26. The maximum atomic E-state index is 12.4. The number of amides is 2. The number of esters is 1. The second kappa shape index (κ2) is 11.5. The van der Waals surface area contributed by atoms with Gasteiger partial charge in [0.05, 0.1) is 7.11 Å². The second-order valence-corrected chi connectivity index (χ2v) is 5.14. The lowest BCUT2D eigenvalue weighted by molar-refractivity contribution is -0.141. The minimum Gasteiger partial charge on any atom is -0.469 e. The van der Waals surface area contributed by atoms with E-state index in [0.29, 0.717) is 16.1 Å². The number of benzene rings is 1. The Morgan fingerprint density at radius 2 is 1.88 bits per heavy atom. The number of hydrogen-bond acceptors (Lipinski definition) is 4. The second-order valence-electron chi connectivity index (χ2n) is 4.73. The predicted molar refractivity (Wildman–Crippen MR) is 98.3 cm³/mol. The molecule has 1 heterocycles. The first kappa shape index (κ1) is 22.9. The van der Waals surface area contributed by atoms with E-state index in [1.54, 1.807) is 18.2 Å².